The molecule has 0 saturated carbocycles. The number of aromatic nitrogens is 1. The monoisotopic (exact) mass is 499 g/mol. The highest BCUT2D eigenvalue weighted by Crippen LogP contribution is 2.24. The molecule has 2 heterocycles. The maximum Gasteiger partial charge on any atom is 0.272 e. The Hall–Kier alpha value is -4.01. The molecule has 0 radical (unpaired) electrons. The zero-order chi connectivity index (χ0) is 24.5. The van der Waals surface area contributed by atoms with Gasteiger partial charge in [0.2, 0.25) is 0 Å². The summed E-state index contributed by atoms with van der Waals surface area (Å²) in [5, 5.41) is 7.42. The molecule has 0 fully saturated rings. The Morgan fingerprint density at radius 1 is 0.943 bits per heavy atom. The van der Waals surface area contributed by atoms with Crippen LogP contribution in [0.25, 0.3) is 6.08 Å². The number of rotatable bonds is 9. The maximum absolute atomic E-state index is 13.1. The lowest BCUT2D eigenvalue weighted by molar-refractivity contribution is -0.113. The van der Waals surface area contributed by atoms with Gasteiger partial charge in [-0.1, -0.05) is 36.4 Å². The van der Waals surface area contributed by atoms with Gasteiger partial charge in [0.25, 0.3) is 11.8 Å². The van der Waals surface area contributed by atoms with E-state index in [4.69, 9.17) is 0 Å². The van der Waals surface area contributed by atoms with Crippen molar-refractivity contribution in [2.45, 2.75) is 4.90 Å². The van der Waals surface area contributed by atoms with Crippen molar-refractivity contribution in [2.24, 2.45) is 0 Å². The van der Waals surface area contributed by atoms with Crippen molar-refractivity contribution in [3.63, 3.8) is 0 Å². The van der Waals surface area contributed by atoms with Crippen LogP contribution in [0.1, 0.15) is 25.6 Å². The van der Waals surface area contributed by atoms with Gasteiger partial charge in [0.05, 0.1) is 10.6 Å². The first-order chi connectivity index (χ1) is 17.1. The summed E-state index contributed by atoms with van der Waals surface area (Å²) in [6.45, 7) is 0. The van der Waals surface area contributed by atoms with Crippen LogP contribution in [0.4, 0.5) is 5.69 Å². The van der Waals surface area contributed by atoms with Crippen molar-refractivity contribution in [3.8, 4) is 0 Å². The van der Waals surface area contributed by atoms with E-state index in [0.717, 1.165) is 9.77 Å². The van der Waals surface area contributed by atoms with Crippen LogP contribution in [0.5, 0.6) is 0 Å². The molecule has 2 aromatic heterocycles. The van der Waals surface area contributed by atoms with Crippen molar-refractivity contribution in [1.29, 1.82) is 0 Å². The second kappa shape index (κ2) is 11.9. The lowest BCUT2D eigenvalue weighted by atomic mass is 10.2. The molecule has 2 amide bonds. The Balaban J connectivity index is 1.48. The van der Waals surface area contributed by atoms with Crippen LogP contribution in [0.3, 0.4) is 0 Å². The van der Waals surface area contributed by atoms with Gasteiger partial charge in [-0.3, -0.25) is 19.4 Å². The number of carbonyl (C=O) groups is 3. The molecule has 35 heavy (non-hydrogen) atoms. The van der Waals surface area contributed by atoms with Crippen LogP contribution in [0.2, 0.25) is 0 Å². The van der Waals surface area contributed by atoms with Gasteiger partial charge in [0.1, 0.15) is 5.70 Å². The molecule has 2 N–H and O–H groups in total. The normalized spacial score (nSPS) is 11.0. The Morgan fingerprint density at radius 3 is 2.54 bits per heavy atom. The molecule has 0 bridgehead atoms. The third-order valence-electron chi connectivity index (χ3n) is 4.78. The third kappa shape index (κ3) is 6.99. The summed E-state index contributed by atoms with van der Waals surface area (Å²) >= 11 is 2.82. The number of thioether (sulfide) groups is 1. The van der Waals surface area contributed by atoms with E-state index in [0.29, 0.717) is 22.6 Å². The van der Waals surface area contributed by atoms with Gasteiger partial charge in [-0.2, -0.15) is 0 Å². The lowest BCUT2D eigenvalue weighted by Crippen LogP contribution is -2.30. The molecule has 4 aromatic rings. The largest absolute Gasteiger partial charge is 0.321 e. The molecular formula is C27H21N3O3S2. The molecule has 4 rings (SSSR count). The molecule has 174 valence electrons. The molecule has 0 atom stereocenters. The number of thiophene rings is 1. The third-order valence-corrected chi connectivity index (χ3v) is 6.69. The number of nitrogens with zero attached hydrogens (tertiary/aromatic N) is 1. The van der Waals surface area contributed by atoms with Crippen LogP contribution in [-0.4, -0.2) is 28.3 Å². The van der Waals surface area contributed by atoms with Crippen LogP contribution < -0.4 is 10.6 Å². The zero-order valence-electron chi connectivity index (χ0n) is 18.5. The first-order valence-electron chi connectivity index (χ1n) is 10.7. The smallest absolute Gasteiger partial charge is 0.272 e. The number of hydrogen-bond donors (Lipinski definition) is 2. The molecule has 0 spiro atoms. The van der Waals surface area contributed by atoms with E-state index in [1.54, 1.807) is 73.1 Å². The number of benzene rings is 2. The van der Waals surface area contributed by atoms with Crippen LogP contribution in [-0.2, 0) is 4.79 Å². The van der Waals surface area contributed by atoms with Gasteiger partial charge in [-0.15, -0.1) is 23.1 Å². The number of hydrogen-bond acceptors (Lipinski definition) is 6. The first-order valence-corrected chi connectivity index (χ1v) is 12.5. The molecule has 0 aliphatic carbocycles. The highest BCUT2D eigenvalue weighted by Gasteiger charge is 2.15. The fraction of sp³-hybridized carbons (Fsp3) is 0.0370. The SMILES string of the molecule is O=C(Nc1cccc(SCC(=O)c2cccs2)c1)/C(=C/c1cccnc1)NC(=O)c1ccccc1. The van der Waals surface area contributed by atoms with Crippen LogP contribution in [0, 0.1) is 0 Å². The summed E-state index contributed by atoms with van der Waals surface area (Å²) in [6, 6.07) is 23.1. The van der Waals surface area contributed by atoms with Crippen molar-refractivity contribution in [3.05, 3.63) is 118 Å². The second-order valence-electron chi connectivity index (χ2n) is 7.34. The molecular weight excluding hydrogens is 478 g/mol. The van der Waals surface area contributed by atoms with Gasteiger partial charge >= 0.3 is 0 Å². The van der Waals surface area contributed by atoms with E-state index in [9.17, 15) is 14.4 Å². The lowest BCUT2D eigenvalue weighted by Gasteiger charge is -2.12. The predicted molar refractivity (Wildman–Crippen MR) is 141 cm³/mol. The standard InChI is InChI=1S/C27H21N3O3S2/c31-24(25-12-6-14-34-25)18-35-22-11-4-10-21(16-22)29-27(33)23(15-19-7-5-13-28-17-19)30-26(32)20-8-2-1-3-9-20/h1-17H,18H2,(H,29,33)(H,30,32)/b23-15-. The number of pyridine rings is 1. The van der Waals surface area contributed by atoms with E-state index in [1.807, 2.05) is 29.6 Å². The highest BCUT2D eigenvalue weighted by atomic mass is 32.2. The fourth-order valence-electron chi connectivity index (χ4n) is 3.09. The zero-order valence-corrected chi connectivity index (χ0v) is 20.1. The summed E-state index contributed by atoms with van der Waals surface area (Å²) in [5.74, 6) is -0.510. The summed E-state index contributed by atoms with van der Waals surface area (Å²) in [6.07, 6.45) is 4.80. The van der Waals surface area contributed by atoms with E-state index in [2.05, 4.69) is 15.6 Å². The molecule has 2 aromatic carbocycles. The Kier molecular flexibility index (Phi) is 8.21. The summed E-state index contributed by atoms with van der Waals surface area (Å²) in [7, 11) is 0. The van der Waals surface area contributed by atoms with Crippen molar-refractivity contribution in [1.82, 2.24) is 10.3 Å². The summed E-state index contributed by atoms with van der Waals surface area (Å²) < 4.78 is 0. The van der Waals surface area contributed by atoms with Crippen LogP contribution >= 0.6 is 23.1 Å². The first kappa shape index (κ1) is 24.1. The van der Waals surface area contributed by atoms with Crippen molar-refractivity contribution < 1.29 is 14.4 Å². The van der Waals surface area contributed by atoms with Gasteiger partial charge in [-0.05, 0) is 59.5 Å². The highest BCUT2D eigenvalue weighted by molar-refractivity contribution is 8.00. The Bertz CT molecular complexity index is 1340. The summed E-state index contributed by atoms with van der Waals surface area (Å²) in [4.78, 5) is 43.8. The predicted octanol–water partition coefficient (Wildman–Crippen LogP) is 5.53. The average Bonchev–Trinajstić information content (AvgIpc) is 3.43. The number of amides is 2. The quantitative estimate of drug-likeness (QED) is 0.180. The van der Waals surface area contributed by atoms with E-state index in [-0.39, 0.29) is 11.5 Å². The summed E-state index contributed by atoms with van der Waals surface area (Å²) in [5.41, 5.74) is 1.74. The van der Waals surface area contributed by atoms with Gasteiger partial charge in [0, 0.05) is 28.5 Å². The number of carbonyl (C=O) groups excluding carboxylic acids is 3. The maximum atomic E-state index is 13.1. The number of ketones is 1. The Morgan fingerprint density at radius 2 is 1.80 bits per heavy atom. The van der Waals surface area contributed by atoms with Gasteiger partial charge < -0.3 is 10.6 Å². The molecule has 0 saturated heterocycles. The fourth-order valence-corrected chi connectivity index (χ4v) is 4.68. The van der Waals surface area contributed by atoms with E-state index >= 15 is 0 Å². The molecule has 0 aliphatic rings. The number of Topliss-reactive ketones (excluding diaryl/α,β-unsaturated/α-hetero) is 1. The van der Waals surface area contributed by atoms with Crippen molar-refractivity contribution >= 4 is 52.5 Å². The number of anilines is 1. The van der Waals surface area contributed by atoms with Gasteiger partial charge in [-0.25, -0.2) is 0 Å². The minimum atomic E-state index is -0.477. The number of nitrogens with one attached hydrogen (secondary N) is 2. The van der Waals surface area contributed by atoms with E-state index in [1.165, 1.54) is 23.1 Å². The van der Waals surface area contributed by atoms with Gasteiger partial charge in [0.15, 0.2) is 5.78 Å². The van der Waals surface area contributed by atoms with Crippen molar-refractivity contribution in [2.75, 3.05) is 11.1 Å². The van der Waals surface area contributed by atoms with E-state index < -0.39 is 11.8 Å². The second-order valence-corrected chi connectivity index (χ2v) is 9.33. The minimum Gasteiger partial charge on any atom is -0.321 e. The Labute approximate surface area is 211 Å². The molecule has 0 aliphatic heterocycles. The average molecular weight is 500 g/mol. The molecule has 0 unspecified atom stereocenters. The molecule has 8 heteroatoms. The molecule has 6 nitrogen and oxygen atoms in total. The van der Waals surface area contributed by atoms with Crippen LogP contribution in [0.15, 0.2) is 107 Å². The topological polar surface area (TPSA) is 88.2 Å². The minimum absolute atomic E-state index is 0.0600.